The second-order valence-corrected chi connectivity index (χ2v) is 1.57. The van der Waals surface area contributed by atoms with Crippen LogP contribution in [0.25, 0.3) is 0 Å². The van der Waals surface area contributed by atoms with Gasteiger partial charge in [0, 0.05) is 0 Å². The van der Waals surface area contributed by atoms with Crippen LogP contribution in [0.3, 0.4) is 0 Å². The van der Waals surface area contributed by atoms with Crippen molar-refractivity contribution in [2.75, 3.05) is 6.61 Å². The number of cyclic esters (lactones) is 1. The Morgan fingerprint density at radius 1 is 1.78 bits per heavy atom. The number of esters is 1. The standard InChI is InChI=1S/C5H5FO3/c1-3-5(6)8-2-4(7)9-3/h5H,1-2H2. The molecular formula is C5H5FO3. The summed E-state index contributed by atoms with van der Waals surface area (Å²) in [6.07, 6.45) is -1.65. The van der Waals surface area contributed by atoms with E-state index in [0.29, 0.717) is 0 Å². The minimum absolute atomic E-state index is 0.272. The minimum atomic E-state index is -1.65. The normalized spacial score (nSPS) is 27.9. The summed E-state index contributed by atoms with van der Waals surface area (Å²) in [7, 11) is 0. The molecule has 1 fully saturated rings. The van der Waals surface area contributed by atoms with E-state index in [1.54, 1.807) is 0 Å². The number of alkyl halides is 1. The van der Waals surface area contributed by atoms with Crippen molar-refractivity contribution >= 4 is 5.97 Å². The molecule has 1 rings (SSSR count). The van der Waals surface area contributed by atoms with Gasteiger partial charge < -0.3 is 9.47 Å². The molecule has 0 amide bonds. The molecule has 3 nitrogen and oxygen atoms in total. The smallest absolute Gasteiger partial charge is 0.337 e. The third-order valence-electron chi connectivity index (χ3n) is 0.846. The van der Waals surface area contributed by atoms with Crippen molar-refractivity contribution in [1.82, 2.24) is 0 Å². The quantitative estimate of drug-likeness (QED) is 0.446. The molecule has 9 heavy (non-hydrogen) atoms. The van der Waals surface area contributed by atoms with Crippen LogP contribution in [0.1, 0.15) is 0 Å². The third-order valence-corrected chi connectivity index (χ3v) is 0.846. The number of hydrogen-bond acceptors (Lipinski definition) is 3. The predicted molar refractivity (Wildman–Crippen MR) is 26.1 cm³/mol. The fourth-order valence-electron chi connectivity index (χ4n) is 0.456. The predicted octanol–water partition coefficient (Wildman–Crippen LogP) is 0.369. The third kappa shape index (κ3) is 1.26. The fraction of sp³-hybridized carbons (Fsp3) is 0.400. The Kier molecular flexibility index (Phi) is 1.48. The van der Waals surface area contributed by atoms with E-state index in [4.69, 9.17) is 0 Å². The van der Waals surface area contributed by atoms with Gasteiger partial charge in [-0.15, -0.1) is 0 Å². The molecule has 0 N–H and O–H groups in total. The van der Waals surface area contributed by atoms with Crippen molar-refractivity contribution in [2.24, 2.45) is 0 Å². The Labute approximate surface area is 51.1 Å². The van der Waals surface area contributed by atoms with E-state index < -0.39 is 12.3 Å². The molecule has 4 heteroatoms. The van der Waals surface area contributed by atoms with Crippen molar-refractivity contribution < 1.29 is 18.7 Å². The summed E-state index contributed by atoms with van der Waals surface area (Å²) < 4.78 is 20.7. The average Bonchev–Trinajstić information content (AvgIpc) is 1.80. The molecule has 1 atom stereocenters. The first kappa shape index (κ1) is 6.22. The zero-order valence-corrected chi connectivity index (χ0v) is 4.59. The second kappa shape index (κ2) is 2.14. The van der Waals surface area contributed by atoms with Gasteiger partial charge in [0.25, 0.3) is 6.36 Å². The Morgan fingerprint density at radius 3 is 2.89 bits per heavy atom. The Balaban J connectivity index is 2.54. The molecule has 0 aliphatic carbocycles. The summed E-state index contributed by atoms with van der Waals surface area (Å²) in [4.78, 5) is 10.2. The van der Waals surface area contributed by atoms with Crippen molar-refractivity contribution in [3.8, 4) is 0 Å². The van der Waals surface area contributed by atoms with Gasteiger partial charge in [0.1, 0.15) is 6.61 Å². The first-order chi connectivity index (χ1) is 4.20. The first-order valence-electron chi connectivity index (χ1n) is 2.35. The highest BCUT2D eigenvalue weighted by molar-refractivity contribution is 5.72. The van der Waals surface area contributed by atoms with Crippen LogP contribution in [0.15, 0.2) is 12.3 Å². The monoisotopic (exact) mass is 132 g/mol. The molecule has 0 saturated carbocycles. The minimum Gasteiger partial charge on any atom is -0.424 e. The van der Waals surface area contributed by atoms with Crippen LogP contribution in [0, 0.1) is 0 Å². The van der Waals surface area contributed by atoms with E-state index in [0.717, 1.165) is 0 Å². The van der Waals surface area contributed by atoms with E-state index >= 15 is 0 Å². The van der Waals surface area contributed by atoms with E-state index in [-0.39, 0.29) is 12.4 Å². The number of carbonyl (C=O) groups excluding carboxylic acids is 1. The van der Waals surface area contributed by atoms with Crippen LogP contribution in [-0.2, 0) is 14.3 Å². The van der Waals surface area contributed by atoms with Gasteiger partial charge in [0.15, 0.2) is 5.76 Å². The van der Waals surface area contributed by atoms with Crippen molar-refractivity contribution in [1.29, 1.82) is 0 Å². The summed E-state index contributed by atoms with van der Waals surface area (Å²) in [5.74, 6) is -0.875. The highest BCUT2D eigenvalue weighted by Gasteiger charge is 2.23. The summed E-state index contributed by atoms with van der Waals surface area (Å²) in [6.45, 7) is 2.77. The summed E-state index contributed by atoms with van der Waals surface area (Å²) in [6, 6.07) is 0. The van der Waals surface area contributed by atoms with Crippen molar-refractivity contribution in [3.05, 3.63) is 12.3 Å². The molecule has 0 aromatic heterocycles. The van der Waals surface area contributed by atoms with Gasteiger partial charge in [-0.3, -0.25) is 0 Å². The lowest BCUT2D eigenvalue weighted by Crippen LogP contribution is -2.26. The summed E-state index contributed by atoms with van der Waals surface area (Å²) in [5, 5.41) is 0. The van der Waals surface area contributed by atoms with Gasteiger partial charge in [-0.25, -0.2) is 9.18 Å². The highest BCUT2D eigenvalue weighted by Crippen LogP contribution is 2.12. The lowest BCUT2D eigenvalue weighted by molar-refractivity contribution is -0.167. The van der Waals surface area contributed by atoms with E-state index in [1.807, 2.05) is 0 Å². The maximum Gasteiger partial charge on any atom is 0.337 e. The molecule has 0 aromatic carbocycles. The number of halogens is 1. The van der Waals surface area contributed by atoms with Gasteiger partial charge in [0.05, 0.1) is 0 Å². The summed E-state index contributed by atoms with van der Waals surface area (Å²) in [5.41, 5.74) is 0. The summed E-state index contributed by atoms with van der Waals surface area (Å²) >= 11 is 0. The Morgan fingerprint density at radius 2 is 2.44 bits per heavy atom. The number of rotatable bonds is 0. The van der Waals surface area contributed by atoms with Gasteiger partial charge in [-0.2, -0.15) is 0 Å². The van der Waals surface area contributed by atoms with Gasteiger partial charge in [-0.05, 0) is 0 Å². The largest absolute Gasteiger partial charge is 0.424 e. The molecule has 1 aliphatic heterocycles. The number of ether oxygens (including phenoxy) is 2. The van der Waals surface area contributed by atoms with Crippen LogP contribution in [0.2, 0.25) is 0 Å². The van der Waals surface area contributed by atoms with Gasteiger partial charge >= 0.3 is 5.97 Å². The molecule has 1 heterocycles. The van der Waals surface area contributed by atoms with Gasteiger partial charge in [0.2, 0.25) is 0 Å². The maximum absolute atomic E-state index is 12.2. The highest BCUT2D eigenvalue weighted by atomic mass is 19.1. The molecular weight excluding hydrogens is 127 g/mol. The molecule has 1 aliphatic rings. The van der Waals surface area contributed by atoms with Gasteiger partial charge in [-0.1, -0.05) is 6.58 Å². The molecule has 0 aromatic rings. The van der Waals surface area contributed by atoms with Crippen molar-refractivity contribution in [3.63, 3.8) is 0 Å². The second-order valence-electron chi connectivity index (χ2n) is 1.57. The lowest BCUT2D eigenvalue weighted by Gasteiger charge is -2.16. The zero-order chi connectivity index (χ0) is 6.85. The SMILES string of the molecule is C=C1OC(=O)COC1F. The van der Waals surface area contributed by atoms with Crippen molar-refractivity contribution in [2.45, 2.75) is 6.36 Å². The van der Waals surface area contributed by atoms with Crippen LogP contribution in [0.5, 0.6) is 0 Å². The first-order valence-corrected chi connectivity index (χ1v) is 2.35. The topological polar surface area (TPSA) is 35.5 Å². The average molecular weight is 132 g/mol. The van der Waals surface area contributed by atoms with Crippen LogP contribution < -0.4 is 0 Å². The molecule has 50 valence electrons. The van der Waals surface area contributed by atoms with E-state index in [9.17, 15) is 9.18 Å². The number of carbonyl (C=O) groups is 1. The van der Waals surface area contributed by atoms with Crippen LogP contribution in [0.4, 0.5) is 4.39 Å². The maximum atomic E-state index is 12.2. The molecule has 1 unspecified atom stereocenters. The number of hydrogen-bond donors (Lipinski definition) is 0. The lowest BCUT2D eigenvalue weighted by atomic mass is 10.5. The molecule has 0 spiro atoms. The molecule has 0 bridgehead atoms. The Bertz CT molecular complexity index is 154. The van der Waals surface area contributed by atoms with Crippen LogP contribution in [-0.4, -0.2) is 18.9 Å². The zero-order valence-electron chi connectivity index (χ0n) is 4.59. The molecule has 1 saturated heterocycles. The van der Waals surface area contributed by atoms with E-state index in [1.165, 1.54) is 0 Å². The molecule has 0 radical (unpaired) electrons. The Hall–Kier alpha value is -0.900. The van der Waals surface area contributed by atoms with E-state index in [2.05, 4.69) is 16.1 Å². The van der Waals surface area contributed by atoms with Crippen LogP contribution >= 0.6 is 0 Å². The fourth-order valence-corrected chi connectivity index (χ4v) is 0.456.